The van der Waals surface area contributed by atoms with Crippen molar-refractivity contribution in [2.45, 2.75) is 26.3 Å². The number of hydrogen-bond acceptors (Lipinski definition) is 3. The standard InChI is InChI=1S/C13H17NO4SSe/c1-10-14(7-3-4-8-19(15,16)17)12-9-11(18-2)5-6-13(12)20-10/h5-6,9H,3-4,7-8H2,1-2H3/p+1. The number of unbranched alkanes of at least 4 members (excludes halogenated alkanes) is 1. The summed E-state index contributed by atoms with van der Waals surface area (Å²) in [5.74, 6) is 0.660. The SMILES string of the molecule is COc1ccc2[se]c(C)[n+](CCCCS(=O)(=O)O)c2c1. The Morgan fingerprint density at radius 1 is 1.35 bits per heavy atom. The molecule has 2 rings (SSSR count). The molecule has 1 heterocycles. The van der Waals surface area contributed by atoms with Crippen molar-refractivity contribution in [1.82, 2.24) is 0 Å². The molecule has 1 N–H and O–H groups in total. The Hall–Kier alpha value is -0.881. The molecule has 7 heteroatoms. The molecule has 1 aromatic carbocycles. The summed E-state index contributed by atoms with van der Waals surface area (Å²) in [6.45, 7) is 2.87. The van der Waals surface area contributed by atoms with Gasteiger partial charge in [0.2, 0.25) is 0 Å². The van der Waals surface area contributed by atoms with E-state index in [4.69, 9.17) is 9.29 Å². The molecule has 0 amide bonds. The van der Waals surface area contributed by atoms with E-state index in [0.29, 0.717) is 20.9 Å². The number of hydrogen-bond donors (Lipinski definition) is 1. The van der Waals surface area contributed by atoms with E-state index in [1.54, 1.807) is 7.11 Å². The molecule has 5 nitrogen and oxygen atoms in total. The molecule has 2 aromatic rings. The average Bonchev–Trinajstić information content (AvgIpc) is 2.68. The fourth-order valence-electron chi connectivity index (χ4n) is 2.14. The van der Waals surface area contributed by atoms with Crippen molar-refractivity contribution in [3.05, 3.63) is 22.8 Å². The molecular formula is C13H18NO4SSe+. The molecule has 1 aromatic heterocycles. The summed E-state index contributed by atoms with van der Waals surface area (Å²) < 4.78 is 40.2. The average molecular weight is 363 g/mol. The van der Waals surface area contributed by atoms with Gasteiger partial charge in [0.05, 0.1) is 0 Å². The van der Waals surface area contributed by atoms with Crippen molar-refractivity contribution in [2.75, 3.05) is 12.9 Å². The van der Waals surface area contributed by atoms with Gasteiger partial charge in [-0.25, -0.2) is 0 Å². The number of methoxy groups -OCH3 is 1. The molecule has 0 aliphatic heterocycles. The van der Waals surface area contributed by atoms with Crippen LogP contribution in [0.15, 0.2) is 18.2 Å². The second kappa shape index (κ2) is 6.26. The molecule has 20 heavy (non-hydrogen) atoms. The van der Waals surface area contributed by atoms with E-state index in [1.807, 2.05) is 12.1 Å². The Morgan fingerprint density at radius 3 is 2.75 bits per heavy atom. The van der Waals surface area contributed by atoms with Crippen LogP contribution in [0, 0.1) is 6.92 Å². The Kier molecular flexibility index (Phi) is 4.86. The second-order valence-electron chi connectivity index (χ2n) is 4.60. The van der Waals surface area contributed by atoms with Crippen molar-refractivity contribution >= 4 is 34.4 Å². The van der Waals surface area contributed by atoms with Crippen LogP contribution >= 0.6 is 0 Å². The number of ether oxygens (including phenoxy) is 1. The van der Waals surface area contributed by atoms with Crippen molar-refractivity contribution in [3.8, 4) is 5.75 Å². The van der Waals surface area contributed by atoms with Crippen LogP contribution in [0.3, 0.4) is 0 Å². The molecule has 0 spiro atoms. The number of aryl methyl sites for hydroxylation is 2. The van der Waals surface area contributed by atoms with Gasteiger partial charge < -0.3 is 0 Å². The van der Waals surface area contributed by atoms with E-state index in [0.717, 1.165) is 24.2 Å². The number of aromatic nitrogens is 1. The van der Waals surface area contributed by atoms with Gasteiger partial charge in [0.1, 0.15) is 0 Å². The summed E-state index contributed by atoms with van der Waals surface area (Å²) in [4.78, 5) is 0. The second-order valence-corrected chi connectivity index (χ2v) is 8.76. The fourth-order valence-corrected chi connectivity index (χ4v) is 4.86. The normalized spacial score (nSPS) is 11.9. The van der Waals surface area contributed by atoms with Crippen LogP contribution in [0.2, 0.25) is 0 Å². The van der Waals surface area contributed by atoms with Gasteiger partial charge >= 0.3 is 124 Å². The van der Waals surface area contributed by atoms with Gasteiger partial charge in [-0.15, -0.1) is 0 Å². The quantitative estimate of drug-likeness (QED) is 0.362. The molecule has 0 aliphatic carbocycles. The molecule has 0 bridgehead atoms. The molecule has 0 atom stereocenters. The molecule has 110 valence electrons. The third-order valence-electron chi connectivity index (χ3n) is 3.13. The van der Waals surface area contributed by atoms with Gasteiger partial charge in [-0.1, -0.05) is 0 Å². The van der Waals surface area contributed by atoms with Crippen molar-refractivity contribution in [2.24, 2.45) is 0 Å². The summed E-state index contributed by atoms with van der Waals surface area (Å²) in [6.07, 6.45) is 1.19. The molecule has 0 unspecified atom stereocenters. The van der Waals surface area contributed by atoms with Crippen molar-refractivity contribution < 1.29 is 22.3 Å². The van der Waals surface area contributed by atoms with Crippen LogP contribution in [0.5, 0.6) is 5.75 Å². The molecular weight excluding hydrogens is 345 g/mol. The van der Waals surface area contributed by atoms with Crippen LogP contribution in [0.25, 0.3) is 9.78 Å². The van der Waals surface area contributed by atoms with E-state index in [-0.39, 0.29) is 5.75 Å². The van der Waals surface area contributed by atoms with Crippen LogP contribution in [0.4, 0.5) is 0 Å². The summed E-state index contributed by atoms with van der Waals surface area (Å²) in [7, 11) is -2.20. The van der Waals surface area contributed by atoms with Crippen LogP contribution < -0.4 is 9.30 Å². The minimum atomic E-state index is -3.85. The van der Waals surface area contributed by atoms with Crippen molar-refractivity contribution in [1.29, 1.82) is 0 Å². The number of nitrogens with zero attached hydrogens (tertiary/aromatic N) is 1. The minimum absolute atomic E-state index is 0.171. The van der Waals surface area contributed by atoms with E-state index >= 15 is 0 Å². The molecule has 0 radical (unpaired) electrons. The molecule has 0 saturated carbocycles. The first-order valence-electron chi connectivity index (χ1n) is 6.33. The predicted octanol–water partition coefficient (Wildman–Crippen LogP) is 1.17. The van der Waals surface area contributed by atoms with Crippen LogP contribution in [-0.2, 0) is 16.7 Å². The zero-order valence-corrected chi connectivity index (χ0v) is 14.0. The van der Waals surface area contributed by atoms with Gasteiger partial charge in [-0.3, -0.25) is 0 Å². The Labute approximate surface area is 124 Å². The van der Waals surface area contributed by atoms with E-state index < -0.39 is 10.1 Å². The van der Waals surface area contributed by atoms with E-state index in [2.05, 4.69) is 17.6 Å². The Balaban J connectivity index is 2.14. The summed E-state index contributed by atoms with van der Waals surface area (Å²) in [6, 6.07) is 6.09. The van der Waals surface area contributed by atoms with E-state index in [9.17, 15) is 8.42 Å². The molecule has 0 aliphatic rings. The first kappa shape index (κ1) is 15.5. The van der Waals surface area contributed by atoms with Gasteiger partial charge in [-0.05, 0) is 0 Å². The van der Waals surface area contributed by atoms with Crippen LogP contribution in [-0.4, -0.2) is 40.3 Å². The summed E-state index contributed by atoms with van der Waals surface area (Å²) in [5.41, 5.74) is 1.16. The first-order valence-corrected chi connectivity index (χ1v) is 9.65. The first-order chi connectivity index (χ1) is 9.40. The molecule has 0 fully saturated rings. The third kappa shape index (κ3) is 3.82. The third-order valence-corrected chi connectivity index (χ3v) is 6.20. The zero-order chi connectivity index (χ0) is 14.8. The number of fused-ring (bicyclic) bond motifs is 1. The van der Waals surface area contributed by atoms with Gasteiger partial charge in [0.25, 0.3) is 0 Å². The Bertz CT molecular complexity index is 708. The maximum absolute atomic E-state index is 10.7. The summed E-state index contributed by atoms with van der Waals surface area (Å²) in [5, 5.41) is 0. The Morgan fingerprint density at radius 2 is 2.10 bits per heavy atom. The predicted molar refractivity (Wildman–Crippen MR) is 78.0 cm³/mol. The van der Waals surface area contributed by atoms with Crippen LogP contribution in [0.1, 0.15) is 17.4 Å². The monoisotopic (exact) mass is 364 g/mol. The summed E-state index contributed by atoms with van der Waals surface area (Å²) >= 11 is 0.324. The number of rotatable bonds is 6. The van der Waals surface area contributed by atoms with Gasteiger partial charge in [-0.2, -0.15) is 0 Å². The van der Waals surface area contributed by atoms with Gasteiger partial charge in [0, 0.05) is 0 Å². The number of benzene rings is 1. The van der Waals surface area contributed by atoms with Gasteiger partial charge in [0.15, 0.2) is 0 Å². The fraction of sp³-hybridized carbons (Fsp3) is 0.462. The van der Waals surface area contributed by atoms with Crippen molar-refractivity contribution in [3.63, 3.8) is 0 Å². The maximum atomic E-state index is 10.7. The molecule has 0 saturated heterocycles. The van der Waals surface area contributed by atoms with E-state index in [1.165, 1.54) is 8.83 Å². The zero-order valence-electron chi connectivity index (χ0n) is 11.5. The topological polar surface area (TPSA) is 67.5 Å².